The van der Waals surface area contributed by atoms with Crippen molar-refractivity contribution in [2.75, 3.05) is 5.33 Å². The molecule has 3 heteroatoms. The Morgan fingerprint density at radius 1 is 1.12 bits per heavy atom. The third kappa shape index (κ3) is 3.70. The molecule has 0 amide bonds. The van der Waals surface area contributed by atoms with Gasteiger partial charge in [0, 0.05) is 5.33 Å². The minimum Gasteiger partial charge on any atom is -0.462 e. The van der Waals surface area contributed by atoms with Gasteiger partial charge in [0.05, 0.1) is 5.92 Å². The van der Waals surface area contributed by atoms with Crippen LogP contribution in [0.2, 0.25) is 0 Å². The van der Waals surface area contributed by atoms with E-state index in [0.29, 0.717) is 5.92 Å². The Morgan fingerprint density at radius 3 is 2.29 bits per heavy atom. The van der Waals surface area contributed by atoms with Gasteiger partial charge in [0.2, 0.25) is 0 Å². The number of ether oxygens (including phenoxy) is 1. The van der Waals surface area contributed by atoms with Crippen molar-refractivity contribution < 1.29 is 9.53 Å². The molecule has 2 rings (SSSR count). The molecule has 1 unspecified atom stereocenters. The summed E-state index contributed by atoms with van der Waals surface area (Å²) in [7, 11) is 0. The largest absolute Gasteiger partial charge is 0.462 e. The minimum absolute atomic E-state index is 0.0863. The molecule has 0 aromatic rings. The third-order valence-electron chi connectivity index (χ3n) is 4.28. The molecule has 0 radical (unpaired) electrons. The predicted molar refractivity (Wildman–Crippen MR) is 72.2 cm³/mol. The Morgan fingerprint density at radius 2 is 1.71 bits per heavy atom. The van der Waals surface area contributed by atoms with E-state index in [9.17, 15) is 4.79 Å². The van der Waals surface area contributed by atoms with E-state index in [2.05, 4.69) is 15.9 Å². The first-order valence-electron chi connectivity index (χ1n) is 7.07. The number of esters is 1. The Labute approximate surface area is 113 Å². The molecule has 0 aliphatic heterocycles. The van der Waals surface area contributed by atoms with Crippen LogP contribution >= 0.6 is 15.9 Å². The van der Waals surface area contributed by atoms with Gasteiger partial charge in [-0.15, -0.1) is 0 Å². The summed E-state index contributed by atoms with van der Waals surface area (Å²) in [5, 5.41) is 0.911. The number of alkyl halides is 1. The molecule has 0 bridgehead atoms. The highest BCUT2D eigenvalue weighted by molar-refractivity contribution is 9.09. The van der Waals surface area contributed by atoms with E-state index in [0.717, 1.165) is 24.6 Å². The highest BCUT2D eigenvalue weighted by atomic mass is 79.9. The second-order valence-corrected chi connectivity index (χ2v) is 6.27. The number of halogens is 1. The highest BCUT2D eigenvalue weighted by Gasteiger charge is 2.32. The lowest BCUT2D eigenvalue weighted by Crippen LogP contribution is -2.28. The van der Waals surface area contributed by atoms with Crippen molar-refractivity contribution in [3.05, 3.63) is 0 Å². The van der Waals surface area contributed by atoms with Gasteiger partial charge >= 0.3 is 5.97 Å². The molecular formula is C14H23BrO2. The first kappa shape index (κ1) is 13.4. The summed E-state index contributed by atoms with van der Waals surface area (Å²) >= 11 is 3.47. The second-order valence-electron chi connectivity index (χ2n) is 5.47. The van der Waals surface area contributed by atoms with E-state index in [-0.39, 0.29) is 18.0 Å². The van der Waals surface area contributed by atoms with Gasteiger partial charge in [-0.05, 0) is 50.9 Å². The Hall–Kier alpha value is -0.0500. The van der Waals surface area contributed by atoms with E-state index in [1.54, 1.807) is 0 Å². The molecule has 2 fully saturated rings. The van der Waals surface area contributed by atoms with E-state index < -0.39 is 0 Å². The van der Waals surface area contributed by atoms with Crippen molar-refractivity contribution in [3.8, 4) is 0 Å². The molecule has 17 heavy (non-hydrogen) atoms. The maximum Gasteiger partial charge on any atom is 0.309 e. The fourth-order valence-electron chi connectivity index (χ4n) is 3.28. The van der Waals surface area contributed by atoms with E-state index >= 15 is 0 Å². The summed E-state index contributed by atoms with van der Waals surface area (Å²) < 4.78 is 5.68. The third-order valence-corrected chi connectivity index (χ3v) is 4.73. The van der Waals surface area contributed by atoms with Gasteiger partial charge in [-0.25, -0.2) is 0 Å². The molecule has 0 saturated heterocycles. The lowest BCUT2D eigenvalue weighted by Gasteiger charge is -2.23. The van der Waals surface area contributed by atoms with Gasteiger partial charge in [-0.2, -0.15) is 0 Å². The zero-order valence-electron chi connectivity index (χ0n) is 10.5. The summed E-state index contributed by atoms with van der Waals surface area (Å²) in [6.07, 6.45) is 10.8. The number of carbonyl (C=O) groups excluding carboxylic acids is 1. The predicted octanol–water partition coefficient (Wildman–Crippen LogP) is 4.06. The van der Waals surface area contributed by atoms with Crippen LogP contribution in [0.5, 0.6) is 0 Å². The van der Waals surface area contributed by atoms with Crippen LogP contribution in [0.15, 0.2) is 0 Å². The number of rotatable bonds is 5. The monoisotopic (exact) mass is 302 g/mol. The fourth-order valence-corrected chi connectivity index (χ4v) is 3.77. The minimum atomic E-state index is 0.0863. The molecule has 98 valence electrons. The van der Waals surface area contributed by atoms with Crippen molar-refractivity contribution >= 4 is 21.9 Å². The van der Waals surface area contributed by atoms with Gasteiger partial charge in [0.1, 0.15) is 6.10 Å². The van der Waals surface area contributed by atoms with Crippen LogP contribution in [0.3, 0.4) is 0 Å². The van der Waals surface area contributed by atoms with Crippen molar-refractivity contribution in [1.29, 1.82) is 0 Å². The van der Waals surface area contributed by atoms with Crippen molar-refractivity contribution in [2.45, 2.75) is 63.9 Å². The van der Waals surface area contributed by atoms with E-state index in [1.807, 2.05) is 0 Å². The molecule has 0 N–H and O–H groups in total. The summed E-state index contributed by atoms with van der Waals surface area (Å²) in [5.74, 6) is 0.821. The quantitative estimate of drug-likeness (QED) is 0.565. The Bertz CT molecular complexity index is 243. The first-order valence-corrected chi connectivity index (χ1v) is 8.20. The van der Waals surface area contributed by atoms with Gasteiger partial charge in [0.15, 0.2) is 0 Å². The topological polar surface area (TPSA) is 26.3 Å². The molecule has 2 saturated carbocycles. The van der Waals surface area contributed by atoms with E-state index in [4.69, 9.17) is 4.74 Å². The molecule has 0 aromatic carbocycles. The zero-order valence-corrected chi connectivity index (χ0v) is 12.1. The number of carbonyl (C=O) groups is 1. The normalized spacial score (nSPS) is 24.1. The Kier molecular flexibility index (Phi) is 5.33. The summed E-state index contributed by atoms with van der Waals surface area (Å²) in [5.41, 5.74) is 0. The maximum atomic E-state index is 12.2. The van der Waals surface area contributed by atoms with Crippen LogP contribution in [0.4, 0.5) is 0 Å². The molecule has 0 spiro atoms. The summed E-state index contributed by atoms with van der Waals surface area (Å²) in [4.78, 5) is 12.2. The van der Waals surface area contributed by atoms with Crippen LogP contribution < -0.4 is 0 Å². The van der Waals surface area contributed by atoms with Crippen LogP contribution in [0.25, 0.3) is 0 Å². The standard InChI is InChI=1S/C14H23BrO2/c15-10-9-13(11-5-1-2-6-11)14(16)17-12-7-3-4-8-12/h11-13H,1-10H2. The average Bonchev–Trinajstić information content (AvgIpc) is 2.97. The molecule has 0 aromatic heterocycles. The SMILES string of the molecule is O=C(OC1CCCC1)C(CCBr)C1CCCC1. The Balaban J connectivity index is 1.86. The fraction of sp³-hybridized carbons (Fsp3) is 0.929. The molecule has 2 aliphatic carbocycles. The van der Waals surface area contributed by atoms with Crippen LogP contribution in [0, 0.1) is 11.8 Å². The van der Waals surface area contributed by atoms with Crippen LogP contribution in [-0.2, 0) is 9.53 Å². The summed E-state index contributed by atoms with van der Waals surface area (Å²) in [6, 6.07) is 0. The van der Waals surface area contributed by atoms with Crippen molar-refractivity contribution in [3.63, 3.8) is 0 Å². The first-order chi connectivity index (χ1) is 8.31. The highest BCUT2D eigenvalue weighted by Crippen LogP contribution is 2.35. The van der Waals surface area contributed by atoms with Gasteiger partial charge in [0.25, 0.3) is 0 Å². The second kappa shape index (κ2) is 6.77. The molecule has 1 atom stereocenters. The van der Waals surface area contributed by atoms with Gasteiger partial charge in [-0.3, -0.25) is 4.79 Å². The van der Waals surface area contributed by atoms with Gasteiger partial charge < -0.3 is 4.74 Å². The van der Waals surface area contributed by atoms with Gasteiger partial charge in [-0.1, -0.05) is 28.8 Å². The maximum absolute atomic E-state index is 12.2. The lowest BCUT2D eigenvalue weighted by atomic mass is 9.89. The van der Waals surface area contributed by atoms with E-state index in [1.165, 1.54) is 38.5 Å². The molecule has 2 aliphatic rings. The number of hydrogen-bond acceptors (Lipinski definition) is 2. The number of hydrogen-bond donors (Lipinski definition) is 0. The van der Waals surface area contributed by atoms with Crippen LogP contribution in [0.1, 0.15) is 57.8 Å². The smallest absolute Gasteiger partial charge is 0.309 e. The molecule has 2 nitrogen and oxygen atoms in total. The summed E-state index contributed by atoms with van der Waals surface area (Å²) in [6.45, 7) is 0. The van der Waals surface area contributed by atoms with Crippen molar-refractivity contribution in [2.24, 2.45) is 11.8 Å². The lowest BCUT2D eigenvalue weighted by molar-refractivity contribution is -0.155. The zero-order chi connectivity index (χ0) is 12.1. The average molecular weight is 303 g/mol. The molecule has 0 heterocycles. The molecular weight excluding hydrogens is 280 g/mol. The van der Waals surface area contributed by atoms with Crippen molar-refractivity contribution in [1.82, 2.24) is 0 Å². The van der Waals surface area contributed by atoms with Crippen LogP contribution in [-0.4, -0.2) is 17.4 Å².